The van der Waals surface area contributed by atoms with Gasteiger partial charge in [0.15, 0.2) is 5.75 Å². The first-order valence-electron chi connectivity index (χ1n) is 3.95. The highest BCUT2D eigenvalue weighted by molar-refractivity contribution is 7.21. The molecule has 0 amide bonds. The van der Waals surface area contributed by atoms with Crippen molar-refractivity contribution in [3.05, 3.63) is 36.8 Å². The van der Waals surface area contributed by atoms with Gasteiger partial charge >= 0.3 is 0 Å². The van der Waals surface area contributed by atoms with Crippen molar-refractivity contribution in [2.75, 3.05) is 0 Å². The second-order valence-corrected chi connectivity index (χ2v) is 3.74. The Hall–Kier alpha value is -1.48. The fraction of sp³-hybridized carbons (Fsp3) is 0. The van der Waals surface area contributed by atoms with Gasteiger partial charge in [0.1, 0.15) is 12.5 Å². The minimum Gasteiger partial charge on any atom is -0.456 e. The van der Waals surface area contributed by atoms with Crippen LogP contribution in [0.1, 0.15) is 0 Å². The van der Waals surface area contributed by atoms with Crippen LogP contribution in [0.5, 0.6) is 10.8 Å². The molecule has 2 aromatic rings. The summed E-state index contributed by atoms with van der Waals surface area (Å²) in [5.41, 5.74) is 0. The first-order valence-corrected chi connectivity index (χ1v) is 4.77. The fourth-order valence-electron chi connectivity index (χ4n) is 1.37. The minimum atomic E-state index is 0.836. The Kier molecular flexibility index (Phi) is 1.34. The molecule has 1 aromatic carbocycles. The highest BCUT2D eigenvalue weighted by Crippen LogP contribution is 2.45. The predicted octanol–water partition coefficient (Wildman–Crippen LogP) is 3.14. The van der Waals surface area contributed by atoms with Gasteiger partial charge in [-0.15, -0.1) is 0 Å². The van der Waals surface area contributed by atoms with Crippen LogP contribution in [-0.4, -0.2) is 0 Å². The van der Waals surface area contributed by atoms with Crippen LogP contribution in [0.4, 0.5) is 0 Å². The molecule has 1 aromatic heterocycles. The molecule has 0 atom stereocenters. The van der Waals surface area contributed by atoms with Crippen LogP contribution in [0, 0.1) is 0 Å². The second kappa shape index (κ2) is 2.50. The number of rotatable bonds is 0. The van der Waals surface area contributed by atoms with Gasteiger partial charge in [-0.3, -0.25) is 0 Å². The number of ether oxygens (including phenoxy) is 2. The summed E-state index contributed by atoms with van der Waals surface area (Å²) < 4.78 is 11.9. The molecule has 64 valence electrons. The quantitative estimate of drug-likeness (QED) is 0.635. The summed E-state index contributed by atoms with van der Waals surface area (Å²) in [6.07, 6.45) is 3.11. The van der Waals surface area contributed by atoms with E-state index in [0.717, 1.165) is 16.2 Å². The molecule has 13 heavy (non-hydrogen) atoms. The Morgan fingerprint density at radius 2 is 1.85 bits per heavy atom. The molecule has 0 bridgehead atoms. The summed E-state index contributed by atoms with van der Waals surface area (Å²) in [5, 5.41) is 1.95. The smallest absolute Gasteiger partial charge is 0.224 e. The first-order chi connectivity index (χ1) is 6.45. The average Bonchev–Trinajstić information content (AvgIpc) is 2.56. The van der Waals surface area contributed by atoms with Gasteiger partial charge in [-0.1, -0.05) is 23.5 Å². The van der Waals surface area contributed by atoms with E-state index in [-0.39, 0.29) is 0 Å². The average molecular weight is 190 g/mol. The Labute approximate surface area is 79.0 Å². The molecule has 0 saturated carbocycles. The van der Waals surface area contributed by atoms with Crippen molar-refractivity contribution in [3.63, 3.8) is 0 Å². The van der Waals surface area contributed by atoms with Crippen molar-refractivity contribution < 1.29 is 9.47 Å². The first kappa shape index (κ1) is 6.97. The van der Waals surface area contributed by atoms with Gasteiger partial charge < -0.3 is 9.47 Å². The number of fused-ring (bicyclic) bond motifs is 3. The van der Waals surface area contributed by atoms with Crippen LogP contribution in [0.25, 0.3) is 10.1 Å². The van der Waals surface area contributed by atoms with Crippen molar-refractivity contribution in [3.8, 4) is 10.8 Å². The molecule has 1 aliphatic rings. The molecule has 0 radical (unpaired) electrons. The normalized spacial score (nSPS) is 13.5. The monoisotopic (exact) mass is 190 g/mol. The number of benzene rings is 1. The summed E-state index contributed by atoms with van der Waals surface area (Å²) in [4.78, 5) is 0. The molecule has 0 unspecified atom stereocenters. The van der Waals surface area contributed by atoms with Crippen LogP contribution < -0.4 is 9.47 Å². The SMILES string of the molecule is C1=COc2c(sc3ccccc23)O1. The highest BCUT2D eigenvalue weighted by Gasteiger charge is 2.15. The van der Waals surface area contributed by atoms with E-state index in [2.05, 4.69) is 6.07 Å². The van der Waals surface area contributed by atoms with E-state index in [1.165, 1.54) is 4.70 Å². The van der Waals surface area contributed by atoms with E-state index < -0.39 is 0 Å². The molecule has 2 heterocycles. The molecule has 3 rings (SSSR count). The van der Waals surface area contributed by atoms with Gasteiger partial charge in [0.05, 0.1) is 0 Å². The van der Waals surface area contributed by atoms with Gasteiger partial charge in [0.25, 0.3) is 0 Å². The van der Waals surface area contributed by atoms with Crippen LogP contribution >= 0.6 is 11.3 Å². The lowest BCUT2D eigenvalue weighted by atomic mass is 10.2. The third-order valence-corrected chi connectivity index (χ3v) is 2.98. The Bertz CT molecular complexity index is 485. The van der Waals surface area contributed by atoms with Crippen LogP contribution in [0.2, 0.25) is 0 Å². The van der Waals surface area contributed by atoms with Crippen molar-refractivity contribution in [2.24, 2.45) is 0 Å². The Morgan fingerprint density at radius 1 is 1.00 bits per heavy atom. The Balaban J connectivity index is 2.37. The molecule has 1 aliphatic heterocycles. The highest BCUT2D eigenvalue weighted by atomic mass is 32.1. The maximum Gasteiger partial charge on any atom is 0.224 e. The van der Waals surface area contributed by atoms with E-state index in [4.69, 9.17) is 9.47 Å². The van der Waals surface area contributed by atoms with Gasteiger partial charge in [-0.25, -0.2) is 0 Å². The molecule has 0 aliphatic carbocycles. The molecule has 3 heteroatoms. The van der Waals surface area contributed by atoms with Gasteiger partial charge in [-0.05, 0) is 12.1 Å². The second-order valence-electron chi connectivity index (χ2n) is 2.72. The van der Waals surface area contributed by atoms with Crippen molar-refractivity contribution in [2.45, 2.75) is 0 Å². The number of hydrogen-bond acceptors (Lipinski definition) is 3. The van der Waals surface area contributed by atoms with Crippen LogP contribution in [0.15, 0.2) is 36.8 Å². The largest absolute Gasteiger partial charge is 0.456 e. The summed E-state index contributed by atoms with van der Waals surface area (Å²) in [6, 6.07) is 8.10. The van der Waals surface area contributed by atoms with E-state index in [9.17, 15) is 0 Å². The van der Waals surface area contributed by atoms with Gasteiger partial charge in [0, 0.05) is 10.1 Å². The summed E-state index contributed by atoms with van der Waals surface area (Å²) in [7, 11) is 0. The molecular formula is C10H6O2S. The molecule has 0 N–H and O–H groups in total. The van der Waals surface area contributed by atoms with Gasteiger partial charge in [0.2, 0.25) is 5.06 Å². The topological polar surface area (TPSA) is 18.5 Å². The number of hydrogen-bond donors (Lipinski definition) is 0. The van der Waals surface area contributed by atoms with Crippen molar-refractivity contribution in [1.82, 2.24) is 0 Å². The van der Waals surface area contributed by atoms with E-state index in [1.54, 1.807) is 23.9 Å². The van der Waals surface area contributed by atoms with E-state index >= 15 is 0 Å². The van der Waals surface area contributed by atoms with Crippen LogP contribution in [-0.2, 0) is 0 Å². The molecule has 0 saturated heterocycles. The van der Waals surface area contributed by atoms with Gasteiger partial charge in [-0.2, -0.15) is 0 Å². The third kappa shape index (κ3) is 0.939. The summed E-state index contributed by atoms with van der Waals surface area (Å²) in [6.45, 7) is 0. The van der Waals surface area contributed by atoms with Crippen molar-refractivity contribution in [1.29, 1.82) is 0 Å². The minimum absolute atomic E-state index is 0.836. The van der Waals surface area contributed by atoms with Crippen molar-refractivity contribution >= 4 is 21.4 Å². The molecule has 0 fully saturated rings. The Morgan fingerprint density at radius 3 is 2.85 bits per heavy atom. The molecule has 2 nitrogen and oxygen atoms in total. The lowest BCUT2D eigenvalue weighted by molar-refractivity contribution is 0.374. The zero-order valence-corrected chi connectivity index (χ0v) is 7.51. The molecule has 0 spiro atoms. The summed E-state index contributed by atoms with van der Waals surface area (Å²) >= 11 is 1.60. The summed E-state index contributed by atoms with van der Waals surface area (Å²) in [5.74, 6) is 0.836. The zero-order chi connectivity index (χ0) is 8.67. The maximum atomic E-state index is 5.38. The maximum absolute atomic E-state index is 5.38. The lowest BCUT2D eigenvalue weighted by Crippen LogP contribution is -1.91. The fourth-order valence-corrected chi connectivity index (χ4v) is 2.35. The predicted molar refractivity (Wildman–Crippen MR) is 52.2 cm³/mol. The van der Waals surface area contributed by atoms with E-state index in [0.29, 0.717) is 0 Å². The van der Waals surface area contributed by atoms with Crippen LogP contribution in [0.3, 0.4) is 0 Å². The standard InChI is InChI=1S/C10H6O2S/c1-2-4-8-7(3-1)9-10(13-8)12-6-5-11-9/h1-6H. The molecular weight excluding hydrogens is 184 g/mol. The zero-order valence-electron chi connectivity index (χ0n) is 6.69. The van der Waals surface area contributed by atoms with E-state index in [1.807, 2.05) is 18.2 Å². The third-order valence-electron chi connectivity index (χ3n) is 1.94. The number of thiophene rings is 1. The lowest BCUT2D eigenvalue weighted by Gasteiger charge is -2.06.